The number of hydrogen-bond acceptors (Lipinski definition) is 3. The molecule has 0 unspecified atom stereocenters. The number of para-hydroxylation sites is 2. The molecule has 38 heavy (non-hydrogen) atoms. The minimum atomic E-state index is -2.00. The third-order valence-electron chi connectivity index (χ3n) is 7.21. The molecule has 0 aliphatic carbocycles. The van der Waals surface area contributed by atoms with Crippen molar-refractivity contribution >= 4 is 50.8 Å². The van der Waals surface area contributed by atoms with Gasteiger partial charge in [-0.2, -0.15) is 0 Å². The standard InChI is InChI=1S/C33H27GeN3O/c1-34(2,3)23-17-18-25-26-15-10-16-27(31(26)38-30(25)21-23)33-36-32-29(37(33)24-13-8-5-9-14-24)20-19-28(35-32)22-11-6-4-7-12-22/h4-21H,1-3H3. The topological polar surface area (TPSA) is 43.9 Å². The Labute approximate surface area is 223 Å². The zero-order valence-electron chi connectivity index (χ0n) is 21.6. The van der Waals surface area contributed by atoms with E-state index in [0.717, 1.165) is 55.8 Å². The summed E-state index contributed by atoms with van der Waals surface area (Å²) in [5.74, 6) is 8.05. The first-order chi connectivity index (χ1) is 18.5. The number of fused-ring (bicyclic) bond motifs is 4. The van der Waals surface area contributed by atoms with Crippen molar-refractivity contribution in [1.29, 1.82) is 0 Å². The second kappa shape index (κ2) is 8.71. The predicted molar refractivity (Wildman–Crippen MR) is 160 cm³/mol. The van der Waals surface area contributed by atoms with Gasteiger partial charge < -0.3 is 0 Å². The van der Waals surface area contributed by atoms with Crippen LogP contribution in [-0.4, -0.2) is 27.8 Å². The van der Waals surface area contributed by atoms with Crippen LogP contribution >= 0.6 is 0 Å². The van der Waals surface area contributed by atoms with Crippen LogP contribution < -0.4 is 4.40 Å². The first-order valence-electron chi connectivity index (χ1n) is 12.9. The molecule has 0 fully saturated rings. The molecule has 0 saturated heterocycles. The number of hydrogen-bond donors (Lipinski definition) is 0. The summed E-state index contributed by atoms with van der Waals surface area (Å²) in [5, 5.41) is 2.25. The van der Waals surface area contributed by atoms with E-state index >= 15 is 0 Å². The van der Waals surface area contributed by atoms with Crippen molar-refractivity contribution in [2.24, 2.45) is 0 Å². The normalized spacial score (nSPS) is 12.1. The van der Waals surface area contributed by atoms with E-state index in [1.807, 2.05) is 24.3 Å². The van der Waals surface area contributed by atoms with Gasteiger partial charge >= 0.3 is 194 Å². The van der Waals surface area contributed by atoms with Crippen LogP contribution in [0.25, 0.3) is 61.4 Å². The Hall–Kier alpha value is -4.16. The molecular weight excluding hydrogens is 527 g/mol. The van der Waals surface area contributed by atoms with Gasteiger partial charge in [0.05, 0.1) is 0 Å². The van der Waals surface area contributed by atoms with Crippen molar-refractivity contribution in [3.05, 3.63) is 109 Å². The Morgan fingerprint density at radius 3 is 2.21 bits per heavy atom. The Morgan fingerprint density at radius 2 is 1.45 bits per heavy atom. The molecule has 0 aliphatic heterocycles. The maximum absolute atomic E-state index is 6.61. The predicted octanol–water partition coefficient (Wildman–Crippen LogP) is 8.20. The molecule has 5 heteroatoms. The van der Waals surface area contributed by atoms with E-state index in [1.54, 1.807) is 0 Å². The summed E-state index contributed by atoms with van der Waals surface area (Å²) in [6.07, 6.45) is 0. The molecule has 0 N–H and O–H groups in total. The van der Waals surface area contributed by atoms with E-state index in [1.165, 1.54) is 4.40 Å². The first kappa shape index (κ1) is 23.0. The molecule has 184 valence electrons. The van der Waals surface area contributed by atoms with Crippen molar-refractivity contribution in [2.75, 3.05) is 0 Å². The van der Waals surface area contributed by atoms with Gasteiger partial charge in [-0.25, -0.2) is 0 Å². The van der Waals surface area contributed by atoms with Crippen LogP contribution in [0.15, 0.2) is 114 Å². The van der Waals surface area contributed by atoms with Crippen LogP contribution in [0.5, 0.6) is 0 Å². The second-order valence-corrected chi connectivity index (χ2v) is 21.4. The third kappa shape index (κ3) is 3.75. The molecule has 0 atom stereocenters. The van der Waals surface area contributed by atoms with Crippen LogP contribution in [-0.2, 0) is 0 Å². The molecule has 4 nitrogen and oxygen atoms in total. The molecule has 7 aromatic rings. The summed E-state index contributed by atoms with van der Waals surface area (Å²) in [6.45, 7) is 0. The molecule has 4 aromatic carbocycles. The number of aromatic nitrogens is 3. The Kier molecular flexibility index (Phi) is 5.27. The maximum atomic E-state index is 6.61. The minimum absolute atomic E-state index is 0.710. The van der Waals surface area contributed by atoms with Crippen LogP contribution in [0.4, 0.5) is 0 Å². The van der Waals surface area contributed by atoms with E-state index in [4.69, 9.17) is 14.4 Å². The molecule has 0 saturated carbocycles. The van der Waals surface area contributed by atoms with Gasteiger partial charge in [0.2, 0.25) is 0 Å². The van der Waals surface area contributed by atoms with Crippen LogP contribution in [0.2, 0.25) is 17.3 Å². The number of furan rings is 1. The summed E-state index contributed by atoms with van der Waals surface area (Å²) in [7, 11) is 0. The molecule has 7 rings (SSSR count). The number of rotatable bonds is 4. The fourth-order valence-electron chi connectivity index (χ4n) is 5.19. The van der Waals surface area contributed by atoms with E-state index < -0.39 is 13.3 Å². The average Bonchev–Trinajstić information content (AvgIpc) is 3.51. The Morgan fingerprint density at radius 1 is 0.684 bits per heavy atom. The van der Waals surface area contributed by atoms with Crippen molar-refractivity contribution in [3.8, 4) is 28.3 Å². The number of benzene rings is 4. The summed E-state index contributed by atoms with van der Waals surface area (Å²) >= 11 is -2.00. The average molecular weight is 554 g/mol. The van der Waals surface area contributed by atoms with E-state index in [-0.39, 0.29) is 0 Å². The summed E-state index contributed by atoms with van der Waals surface area (Å²) in [4.78, 5) is 10.1. The van der Waals surface area contributed by atoms with Gasteiger partial charge in [0.25, 0.3) is 0 Å². The quantitative estimate of drug-likeness (QED) is 0.206. The van der Waals surface area contributed by atoms with Crippen LogP contribution in [0.1, 0.15) is 0 Å². The summed E-state index contributed by atoms with van der Waals surface area (Å²) in [5.41, 5.74) is 7.45. The fourth-order valence-corrected chi connectivity index (χ4v) is 7.60. The monoisotopic (exact) mass is 555 g/mol. The molecule has 0 spiro atoms. The zero-order chi connectivity index (χ0) is 25.9. The summed E-state index contributed by atoms with van der Waals surface area (Å²) in [6, 6.07) is 37.9. The van der Waals surface area contributed by atoms with Crippen molar-refractivity contribution < 1.29 is 4.42 Å². The molecule has 0 radical (unpaired) electrons. The van der Waals surface area contributed by atoms with Gasteiger partial charge in [0.15, 0.2) is 0 Å². The van der Waals surface area contributed by atoms with Crippen LogP contribution in [0.3, 0.4) is 0 Å². The van der Waals surface area contributed by atoms with Crippen molar-refractivity contribution in [3.63, 3.8) is 0 Å². The van der Waals surface area contributed by atoms with Gasteiger partial charge in [0.1, 0.15) is 0 Å². The molecular formula is C33H27GeN3O. The van der Waals surface area contributed by atoms with E-state index in [2.05, 4.69) is 107 Å². The first-order valence-corrected chi connectivity index (χ1v) is 20.3. The van der Waals surface area contributed by atoms with E-state index in [0.29, 0.717) is 5.65 Å². The van der Waals surface area contributed by atoms with E-state index in [9.17, 15) is 0 Å². The fraction of sp³-hybridized carbons (Fsp3) is 0.0909. The van der Waals surface area contributed by atoms with Gasteiger partial charge in [-0.15, -0.1) is 0 Å². The van der Waals surface area contributed by atoms with Gasteiger partial charge in [-0.05, 0) is 0 Å². The molecule has 0 bridgehead atoms. The molecule has 0 amide bonds. The molecule has 3 heterocycles. The Balaban J connectivity index is 1.50. The number of nitrogens with zero attached hydrogens (tertiary/aromatic N) is 3. The number of pyridine rings is 1. The van der Waals surface area contributed by atoms with Gasteiger partial charge in [-0.3, -0.25) is 0 Å². The van der Waals surface area contributed by atoms with Crippen molar-refractivity contribution in [1.82, 2.24) is 14.5 Å². The third-order valence-corrected chi connectivity index (χ3v) is 11.5. The second-order valence-electron chi connectivity index (χ2n) is 10.8. The summed E-state index contributed by atoms with van der Waals surface area (Å²) < 4.78 is 10.2. The molecule has 3 aromatic heterocycles. The SMILES string of the molecule is [CH3][Ge]([CH3])([CH3])[c]1ccc2c(c1)oc1c(-c3nc4nc(-c5ccccc5)ccc4n3-c3ccccc3)cccc12. The number of imidazole rings is 1. The Bertz CT molecular complexity index is 1950. The van der Waals surface area contributed by atoms with Crippen molar-refractivity contribution in [2.45, 2.75) is 17.3 Å². The molecule has 0 aliphatic rings. The van der Waals surface area contributed by atoms with Gasteiger partial charge in [0, 0.05) is 0 Å². The van der Waals surface area contributed by atoms with Crippen LogP contribution in [0, 0.1) is 0 Å². The zero-order valence-corrected chi connectivity index (χ0v) is 23.7. The van der Waals surface area contributed by atoms with Gasteiger partial charge in [-0.1, -0.05) is 30.3 Å².